The van der Waals surface area contributed by atoms with Crippen molar-refractivity contribution in [3.63, 3.8) is 0 Å². The van der Waals surface area contributed by atoms with Crippen LogP contribution in [0.2, 0.25) is 0 Å². The fraction of sp³-hybridized carbons (Fsp3) is 0.500. The first kappa shape index (κ1) is 23.9. The summed E-state index contributed by atoms with van der Waals surface area (Å²) in [6.45, 7) is 9.49. The number of fused-ring (bicyclic) bond motifs is 1. The van der Waals surface area contributed by atoms with Crippen LogP contribution in [0.3, 0.4) is 0 Å². The van der Waals surface area contributed by atoms with Crippen molar-refractivity contribution >= 4 is 29.2 Å². The van der Waals surface area contributed by atoms with E-state index in [4.69, 9.17) is 14.6 Å². The van der Waals surface area contributed by atoms with Crippen LogP contribution >= 0.6 is 0 Å². The van der Waals surface area contributed by atoms with Gasteiger partial charge in [-0.15, -0.1) is 0 Å². The summed E-state index contributed by atoms with van der Waals surface area (Å²) in [6, 6.07) is 5.40. The van der Waals surface area contributed by atoms with Crippen molar-refractivity contribution < 1.29 is 27.5 Å². The number of rotatable bonds is 8. The zero-order chi connectivity index (χ0) is 22.5. The number of hydrogen-bond donors (Lipinski definition) is 2. The van der Waals surface area contributed by atoms with E-state index in [1.807, 2.05) is 26.8 Å². The van der Waals surface area contributed by atoms with Gasteiger partial charge < -0.3 is 14.8 Å². The van der Waals surface area contributed by atoms with Gasteiger partial charge in [-0.05, 0) is 29.9 Å². The predicted octanol–water partition coefficient (Wildman–Crippen LogP) is 0.991. The van der Waals surface area contributed by atoms with Crippen LogP contribution in [0.4, 0.5) is 0 Å². The van der Waals surface area contributed by atoms with Gasteiger partial charge in [0.05, 0.1) is 17.1 Å². The van der Waals surface area contributed by atoms with E-state index in [1.165, 1.54) is 0 Å². The van der Waals surface area contributed by atoms with Crippen molar-refractivity contribution in [3.05, 3.63) is 47.2 Å². The molecule has 1 unspecified atom stereocenters. The summed E-state index contributed by atoms with van der Waals surface area (Å²) in [5.74, 6) is -0.808. The number of hydrogen-bond acceptors (Lipinski definition) is 6. The minimum atomic E-state index is -3.67. The summed E-state index contributed by atoms with van der Waals surface area (Å²) < 4.78 is 32.7. The summed E-state index contributed by atoms with van der Waals surface area (Å²) >= 11 is 0. The van der Waals surface area contributed by atoms with Gasteiger partial charge in [-0.2, -0.15) is 0 Å². The molecule has 1 amide bonds. The average molecular weight is 436 g/mol. The van der Waals surface area contributed by atoms with Crippen LogP contribution in [0, 0.1) is 5.41 Å². The smallest absolute Gasteiger partial charge is 0.341 e. The zero-order valence-corrected chi connectivity index (χ0v) is 18.5. The first-order chi connectivity index (χ1) is 13.9. The van der Waals surface area contributed by atoms with E-state index in [2.05, 4.69) is 11.9 Å². The van der Waals surface area contributed by atoms with Gasteiger partial charge in [-0.25, -0.2) is 18.4 Å². The second-order valence-electron chi connectivity index (χ2n) is 8.43. The molecule has 0 spiro atoms. The number of nitrogens with two attached hydrogens (primary N) is 1. The maximum atomic E-state index is 12.5. The molecule has 2 rings (SSSR count). The summed E-state index contributed by atoms with van der Waals surface area (Å²) in [7, 11) is -3.04. The molecule has 1 heterocycles. The largest absolute Gasteiger partial charge is 0.462 e. The molecule has 164 valence electrons. The minimum absolute atomic E-state index is 0.129. The van der Waals surface area contributed by atoms with E-state index in [0.717, 1.165) is 11.1 Å². The monoisotopic (exact) mass is 436 g/mol. The number of carbonyl (C=O) groups excluding carboxylic acids is 2. The van der Waals surface area contributed by atoms with Crippen molar-refractivity contribution in [2.24, 2.45) is 10.6 Å². The lowest BCUT2D eigenvalue weighted by Gasteiger charge is -2.26. The fourth-order valence-corrected chi connectivity index (χ4v) is 3.57. The fourth-order valence-electron chi connectivity index (χ4n) is 3.10. The Bertz CT molecular complexity index is 924. The molecule has 0 saturated carbocycles. The SMILES string of the molecule is C=C(OCOC(=O)c1cccc2c1CBC(NC(=O)CCS(N)(=O)=O)C2)C(C)(C)C. The molecule has 0 bridgehead atoms. The maximum Gasteiger partial charge on any atom is 0.341 e. The van der Waals surface area contributed by atoms with Gasteiger partial charge in [0.25, 0.3) is 0 Å². The number of benzene rings is 1. The van der Waals surface area contributed by atoms with Gasteiger partial charge in [-0.1, -0.05) is 39.5 Å². The molecular weight excluding hydrogens is 407 g/mol. The maximum absolute atomic E-state index is 12.5. The normalized spacial score (nSPS) is 16.1. The Morgan fingerprint density at radius 2 is 2.00 bits per heavy atom. The Kier molecular flexibility index (Phi) is 7.71. The van der Waals surface area contributed by atoms with Crippen molar-refractivity contribution in [2.45, 2.75) is 45.9 Å². The summed E-state index contributed by atoms with van der Waals surface area (Å²) in [6.07, 6.45) is 0.972. The first-order valence-corrected chi connectivity index (χ1v) is 11.5. The van der Waals surface area contributed by atoms with Gasteiger partial charge in [0.15, 0.2) is 7.28 Å². The van der Waals surface area contributed by atoms with Crippen LogP contribution in [-0.4, -0.2) is 46.1 Å². The van der Waals surface area contributed by atoms with Crippen molar-refractivity contribution in [2.75, 3.05) is 12.5 Å². The lowest BCUT2D eigenvalue weighted by molar-refractivity contribution is -0.120. The lowest BCUT2D eigenvalue weighted by atomic mass is 9.57. The van der Waals surface area contributed by atoms with Crippen molar-refractivity contribution in [1.29, 1.82) is 0 Å². The lowest BCUT2D eigenvalue weighted by Crippen LogP contribution is -2.44. The Labute approximate surface area is 178 Å². The molecule has 3 N–H and O–H groups in total. The molecular formula is C20H29BN2O6S. The molecule has 1 aliphatic rings. The second kappa shape index (κ2) is 9.66. The highest BCUT2D eigenvalue weighted by molar-refractivity contribution is 7.89. The number of primary sulfonamides is 1. The highest BCUT2D eigenvalue weighted by Crippen LogP contribution is 2.25. The third kappa shape index (κ3) is 7.18. The summed E-state index contributed by atoms with van der Waals surface area (Å²) in [4.78, 5) is 24.5. The Morgan fingerprint density at radius 1 is 1.30 bits per heavy atom. The van der Waals surface area contributed by atoms with E-state index in [9.17, 15) is 18.0 Å². The third-order valence-corrected chi connectivity index (χ3v) is 5.71. The molecule has 0 aromatic heterocycles. The molecule has 8 nitrogen and oxygen atoms in total. The van der Waals surface area contributed by atoms with Crippen LogP contribution < -0.4 is 10.5 Å². The highest BCUT2D eigenvalue weighted by atomic mass is 32.2. The Morgan fingerprint density at radius 3 is 2.63 bits per heavy atom. The van der Waals surface area contributed by atoms with E-state index in [1.54, 1.807) is 12.1 Å². The van der Waals surface area contributed by atoms with Crippen LogP contribution in [-0.2, 0) is 37.0 Å². The van der Waals surface area contributed by atoms with E-state index >= 15 is 0 Å². The first-order valence-electron chi connectivity index (χ1n) is 9.76. The van der Waals surface area contributed by atoms with Crippen LogP contribution in [0.15, 0.2) is 30.5 Å². The number of ether oxygens (including phenoxy) is 2. The van der Waals surface area contributed by atoms with Crippen LogP contribution in [0.25, 0.3) is 0 Å². The van der Waals surface area contributed by atoms with E-state index in [-0.39, 0.29) is 36.2 Å². The van der Waals surface area contributed by atoms with Gasteiger partial charge in [0.1, 0.15) is 0 Å². The number of amides is 1. The molecule has 1 aromatic carbocycles. The Hall–Kier alpha value is -2.33. The van der Waals surface area contributed by atoms with Gasteiger partial charge in [0, 0.05) is 17.8 Å². The highest BCUT2D eigenvalue weighted by Gasteiger charge is 2.26. The molecule has 1 atom stereocenters. The van der Waals surface area contributed by atoms with Gasteiger partial charge in [0.2, 0.25) is 22.7 Å². The number of nitrogens with one attached hydrogen (secondary N) is 1. The number of carbonyl (C=O) groups is 2. The van der Waals surface area contributed by atoms with Gasteiger partial charge in [-0.3, -0.25) is 4.79 Å². The number of esters is 1. The van der Waals surface area contributed by atoms with Crippen molar-refractivity contribution in [1.82, 2.24) is 5.32 Å². The predicted molar refractivity (Wildman–Crippen MR) is 115 cm³/mol. The molecule has 0 radical (unpaired) electrons. The summed E-state index contributed by atoms with van der Waals surface area (Å²) in [5, 5.41) is 7.77. The molecule has 0 fully saturated rings. The molecule has 0 saturated heterocycles. The molecule has 10 heteroatoms. The molecule has 1 aliphatic heterocycles. The quantitative estimate of drug-likeness (QED) is 0.271. The number of sulfonamides is 1. The summed E-state index contributed by atoms with van der Waals surface area (Å²) in [5.41, 5.74) is 2.09. The second-order valence-corrected chi connectivity index (χ2v) is 10.2. The topological polar surface area (TPSA) is 125 Å². The van der Waals surface area contributed by atoms with Crippen LogP contribution in [0.1, 0.15) is 48.7 Å². The average Bonchev–Trinajstić information content (AvgIpc) is 2.64. The van der Waals surface area contributed by atoms with Gasteiger partial charge >= 0.3 is 5.97 Å². The standard InChI is InChI=1S/C20H29BN2O6S/c1-13(20(2,3)4)28-12-29-19(25)15-7-5-6-14-10-17(21-11-16(14)15)23-18(24)8-9-30(22,26)27/h5-7,17,21H,1,8-12H2,2-4H3,(H,23,24)(H2,22,26,27). The molecule has 1 aromatic rings. The molecule has 30 heavy (non-hydrogen) atoms. The Balaban J connectivity index is 1.95. The van der Waals surface area contributed by atoms with E-state index < -0.39 is 16.0 Å². The van der Waals surface area contributed by atoms with Crippen LogP contribution in [0.5, 0.6) is 0 Å². The zero-order valence-electron chi connectivity index (χ0n) is 17.7. The van der Waals surface area contributed by atoms with E-state index in [0.29, 0.717) is 31.3 Å². The molecule has 0 aliphatic carbocycles. The third-order valence-electron chi connectivity index (χ3n) is 4.94. The number of allylic oxidation sites excluding steroid dienone is 1. The van der Waals surface area contributed by atoms with Crippen molar-refractivity contribution in [3.8, 4) is 0 Å². The minimum Gasteiger partial charge on any atom is -0.462 e.